The predicted molar refractivity (Wildman–Crippen MR) is 86.0 cm³/mol. The minimum Gasteiger partial charge on any atom is -0.463 e. The molecule has 7 nitrogen and oxygen atoms in total. The molecule has 0 aliphatic carbocycles. The molecule has 26 heavy (non-hydrogen) atoms. The van der Waals surface area contributed by atoms with Gasteiger partial charge in [-0.1, -0.05) is 13.0 Å². The SMILES string of the molecule is CCOC(=O)C1=C(COC(=O)c2c(F)cccc2F)NC(=O)N[C@@H]1CC. The molecule has 1 aliphatic rings. The van der Waals surface area contributed by atoms with Crippen LogP contribution in [0.1, 0.15) is 30.6 Å². The van der Waals surface area contributed by atoms with Gasteiger partial charge in [-0.15, -0.1) is 0 Å². The molecule has 140 valence electrons. The Labute approximate surface area is 148 Å². The van der Waals surface area contributed by atoms with E-state index in [-0.39, 0.29) is 17.9 Å². The number of hydrogen-bond donors (Lipinski definition) is 2. The molecule has 0 saturated carbocycles. The fourth-order valence-corrected chi connectivity index (χ4v) is 2.48. The number of halogens is 2. The van der Waals surface area contributed by atoms with E-state index in [9.17, 15) is 23.2 Å². The maximum atomic E-state index is 13.6. The second kappa shape index (κ2) is 8.41. The number of hydrogen-bond acceptors (Lipinski definition) is 5. The van der Waals surface area contributed by atoms with Gasteiger partial charge in [0.2, 0.25) is 0 Å². The minimum absolute atomic E-state index is 0.00384. The van der Waals surface area contributed by atoms with Crippen LogP contribution in [0.2, 0.25) is 0 Å². The molecule has 0 saturated heterocycles. The second-order valence-electron chi connectivity index (χ2n) is 5.34. The first-order valence-corrected chi connectivity index (χ1v) is 7.97. The summed E-state index contributed by atoms with van der Waals surface area (Å²) in [4.78, 5) is 35.9. The van der Waals surface area contributed by atoms with Crippen molar-refractivity contribution < 1.29 is 32.6 Å². The summed E-state index contributed by atoms with van der Waals surface area (Å²) < 4.78 is 37.1. The average Bonchev–Trinajstić information content (AvgIpc) is 2.59. The molecule has 0 radical (unpaired) electrons. The third-order valence-corrected chi connectivity index (χ3v) is 3.66. The molecule has 1 aromatic rings. The number of carbonyl (C=O) groups is 3. The Balaban J connectivity index is 2.26. The summed E-state index contributed by atoms with van der Waals surface area (Å²) in [7, 11) is 0. The van der Waals surface area contributed by atoms with Gasteiger partial charge in [-0.2, -0.15) is 0 Å². The molecule has 0 aromatic heterocycles. The normalized spacial score (nSPS) is 16.6. The summed E-state index contributed by atoms with van der Waals surface area (Å²) in [6.45, 7) is 2.92. The summed E-state index contributed by atoms with van der Waals surface area (Å²) >= 11 is 0. The van der Waals surface area contributed by atoms with E-state index in [1.54, 1.807) is 13.8 Å². The van der Waals surface area contributed by atoms with Gasteiger partial charge in [0, 0.05) is 0 Å². The van der Waals surface area contributed by atoms with Gasteiger partial charge in [0.05, 0.1) is 23.9 Å². The van der Waals surface area contributed by atoms with Gasteiger partial charge in [0.1, 0.15) is 23.8 Å². The van der Waals surface area contributed by atoms with Gasteiger partial charge in [0.25, 0.3) is 0 Å². The van der Waals surface area contributed by atoms with Gasteiger partial charge >= 0.3 is 18.0 Å². The van der Waals surface area contributed by atoms with Gasteiger partial charge in [-0.25, -0.2) is 23.2 Å². The van der Waals surface area contributed by atoms with Gasteiger partial charge in [-0.3, -0.25) is 0 Å². The largest absolute Gasteiger partial charge is 0.463 e. The van der Waals surface area contributed by atoms with Crippen LogP contribution in [0.5, 0.6) is 0 Å². The average molecular weight is 368 g/mol. The Bertz CT molecular complexity index is 743. The Morgan fingerprint density at radius 3 is 2.35 bits per heavy atom. The molecule has 2 N–H and O–H groups in total. The lowest BCUT2D eigenvalue weighted by molar-refractivity contribution is -0.139. The molecule has 2 rings (SSSR count). The Morgan fingerprint density at radius 1 is 1.12 bits per heavy atom. The number of esters is 2. The highest BCUT2D eigenvalue weighted by atomic mass is 19.1. The van der Waals surface area contributed by atoms with Gasteiger partial charge < -0.3 is 20.1 Å². The molecule has 0 unspecified atom stereocenters. The first kappa shape index (κ1) is 19.4. The number of carbonyl (C=O) groups excluding carboxylic acids is 3. The number of rotatable bonds is 6. The van der Waals surface area contributed by atoms with E-state index < -0.39 is 47.8 Å². The van der Waals surface area contributed by atoms with Gasteiger partial charge in [-0.05, 0) is 25.5 Å². The van der Waals surface area contributed by atoms with Crippen molar-refractivity contribution in [2.45, 2.75) is 26.3 Å². The molecule has 0 spiro atoms. The van der Waals surface area contributed by atoms with Crippen LogP contribution in [0.15, 0.2) is 29.5 Å². The lowest BCUT2D eigenvalue weighted by Gasteiger charge is -2.28. The number of urea groups is 1. The fourth-order valence-electron chi connectivity index (χ4n) is 2.48. The number of ether oxygens (including phenoxy) is 2. The molecule has 0 bridgehead atoms. The van der Waals surface area contributed by atoms with Crippen LogP contribution in [0, 0.1) is 11.6 Å². The van der Waals surface area contributed by atoms with Crippen LogP contribution in [-0.2, 0) is 14.3 Å². The van der Waals surface area contributed by atoms with Crippen molar-refractivity contribution >= 4 is 18.0 Å². The fraction of sp³-hybridized carbons (Fsp3) is 0.353. The number of amides is 2. The van der Waals surface area contributed by atoms with Crippen LogP contribution in [0.3, 0.4) is 0 Å². The van der Waals surface area contributed by atoms with E-state index in [0.29, 0.717) is 6.42 Å². The highest BCUT2D eigenvalue weighted by Gasteiger charge is 2.32. The molecule has 1 atom stereocenters. The number of benzene rings is 1. The maximum absolute atomic E-state index is 13.6. The van der Waals surface area contributed by atoms with Crippen LogP contribution in [0.4, 0.5) is 13.6 Å². The van der Waals surface area contributed by atoms with Gasteiger partial charge in [0.15, 0.2) is 0 Å². The highest BCUT2D eigenvalue weighted by molar-refractivity contribution is 5.95. The molecular formula is C17H18F2N2O5. The zero-order valence-corrected chi connectivity index (χ0v) is 14.2. The third kappa shape index (κ3) is 4.16. The van der Waals surface area contributed by atoms with Crippen molar-refractivity contribution in [1.82, 2.24) is 10.6 Å². The van der Waals surface area contributed by atoms with Crippen molar-refractivity contribution in [2.24, 2.45) is 0 Å². The topological polar surface area (TPSA) is 93.7 Å². The Morgan fingerprint density at radius 2 is 1.77 bits per heavy atom. The highest BCUT2D eigenvalue weighted by Crippen LogP contribution is 2.19. The zero-order valence-electron chi connectivity index (χ0n) is 14.2. The Kier molecular flexibility index (Phi) is 6.26. The van der Waals surface area contributed by atoms with Crippen molar-refractivity contribution in [3.8, 4) is 0 Å². The van der Waals surface area contributed by atoms with Crippen molar-refractivity contribution in [3.05, 3.63) is 46.7 Å². The lowest BCUT2D eigenvalue weighted by Crippen LogP contribution is -2.51. The summed E-state index contributed by atoms with van der Waals surface area (Å²) in [6, 6.07) is 1.72. The molecular weight excluding hydrogens is 350 g/mol. The lowest BCUT2D eigenvalue weighted by atomic mass is 10.0. The van der Waals surface area contributed by atoms with Crippen LogP contribution < -0.4 is 10.6 Å². The standard InChI is InChI=1S/C17H18F2N2O5/c1-3-11-14(16(23)25-4-2)12(21-17(24)20-11)8-26-15(22)13-9(18)6-5-7-10(13)19/h5-7,11H,3-4,8H2,1-2H3,(H2,20,21,24)/t11-/m1/s1. The molecule has 0 fully saturated rings. The summed E-state index contributed by atoms with van der Waals surface area (Å²) in [5.74, 6) is -4.09. The van der Waals surface area contributed by atoms with E-state index in [1.807, 2.05) is 0 Å². The van der Waals surface area contributed by atoms with Crippen LogP contribution >= 0.6 is 0 Å². The van der Waals surface area contributed by atoms with E-state index >= 15 is 0 Å². The third-order valence-electron chi connectivity index (χ3n) is 3.66. The summed E-state index contributed by atoms with van der Waals surface area (Å²) in [5, 5.41) is 4.92. The quantitative estimate of drug-likeness (QED) is 0.750. The first-order chi connectivity index (χ1) is 12.4. The molecule has 1 heterocycles. The summed E-state index contributed by atoms with van der Waals surface area (Å²) in [6.07, 6.45) is 0.390. The predicted octanol–water partition coefficient (Wildman–Crippen LogP) is 2.03. The molecule has 2 amide bonds. The first-order valence-electron chi connectivity index (χ1n) is 7.97. The van der Waals surface area contributed by atoms with E-state index in [2.05, 4.69) is 10.6 Å². The maximum Gasteiger partial charge on any atom is 0.344 e. The summed E-state index contributed by atoms with van der Waals surface area (Å²) in [5.41, 5.74) is -0.752. The molecule has 1 aromatic carbocycles. The smallest absolute Gasteiger partial charge is 0.344 e. The minimum atomic E-state index is -1.25. The molecule has 9 heteroatoms. The number of nitrogens with one attached hydrogen (secondary N) is 2. The second-order valence-corrected chi connectivity index (χ2v) is 5.34. The van der Waals surface area contributed by atoms with E-state index in [4.69, 9.17) is 9.47 Å². The van der Waals surface area contributed by atoms with Crippen molar-refractivity contribution in [3.63, 3.8) is 0 Å². The van der Waals surface area contributed by atoms with Crippen LogP contribution in [0.25, 0.3) is 0 Å². The van der Waals surface area contributed by atoms with Crippen molar-refractivity contribution in [2.75, 3.05) is 13.2 Å². The van der Waals surface area contributed by atoms with Crippen molar-refractivity contribution in [1.29, 1.82) is 0 Å². The zero-order chi connectivity index (χ0) is 19.3. The molecule has 1 aliphatic heterocycles. The monoisotopic (exact) mass is 368 g/mol. The Hall–Kier alpha value is -2.97. The van der Waals surface area contributed by atoms with Crippen LogP contribution in [-0.4, -0.2) is 37.2 Å². The van der Waals surface area contributed by atoms with E-state index in [1.165, 1.54) is 0 Å². The van der Waals surface area contributed by atoms with E-state index in [0.717, 1.165) is 18.2 Å².